The quantitative estimate of drug-likeness (QED) is 0.570. The highest BCUT2D eigenvalue weighted by Gasteiger charge is 2.11. The monoisotopic (exact) mass is 316 g/mol. The number of carbonyl (C=O) groups excluding carboxylic acids is 1. The highest BCUT2D eigenvalue weighted by atomic mass is 16.1. The minimum atomic E-state index is -0.431. The number of nitrogens with zero attached hydrogens (tertiary/aromatic N) is 2. The number of hydrogen-bond donors (Lipinski definition) is 2. The minimum Gasteiger partial charge on any atom is -0.346 e. The van der Waals surface area contributed by atoms with E-state index in [1.54, 1.807) is 18.5 Å². The average Bonchev–Trinajstić information content (AvgIpc) is 2.99. The molecule has 0 aliphatic rings. The summed E-state index contributed by atoms with van der Waals surface area (Å²) in [6.45, 7) is 3.98. The lowest BCUT2D eigenvalue weighted by atomic mass is 10.1. The standard InChI is InChI=1S/C19H16N4O/c1-12-5-6-16(8-13(12)2)23-19(24)14(10-20)9-15-11-22-18-17(15)4-3-7-21-18/h3-9,11H,1-2H3,(H,21,22)(H,23,24)/b14-9+. The molecule has 0 aliphatic heterocycles. The largest absolute Gasteiger partial charge is 0.346 e. The number of benzene rings is 1. The summed E-state index contributed by atoms with van der Waals surface area (Å²) in [6.07, 6.45) is 4.99. The zero-order valence-corrected chi connectivity index (χ0v) is 13.4. The molecule has 0 saturated carbocycles. The Morgan fingerprint density at radius 1 is 1.29 bits per heavy atom. The molecule has 0 radical (unpaired) electrons. The topological polar surface area (TPSA) is 81.6 Å². The van der Waals surface area contributed by atoms with Crippen molar-refractivity contribution >= 4 is 28.7 Å². The van der Waals surface area contributed by atoms with E-state index < -0.39 is 5.91 Å². The Bertz CT molecular complexity index is 992. The summed E-state index contributed by atoms with van der Waals surface area (Å²) in [5.41, 5.74) is 4.41. The molecule has 2 aromatic heterocycles. The van der Waals surface area contributed by atoms with E-state index in [2.05, 4.69) is 15.3 Å². The summed E-state index contributed by atoms with van der Waals surface area (Å²) in [5, 5.41) is 13.0. The average molecular weight is 316 g/mol. The molecule has 5 nitrogen and oxygen atoms in total. The molecule has 1 amide bonds. The second-order valence-corrected chi connectivity index (χ2v) is 5.57. The lowest BCUT2D eigenvalue weighted by molar-refractivity contribution is -0.112. The van der Waals surface area contributed by atoms with E-state index in [1.807, 2.05) is 50.2 Å². The molecule has 24 heavy (non-hydrogen) atoms. The third kappa shape index (κ3) is 3.03. The van der Waals surface area contributed by atoms with Crippen LogP contribution in [-0.2, 0) is 4.79 Å². The van der Waals surface area contributed by atoms with E-state index in [4.69, 9.17) is 0 Å². The number of fused-ring (bicyclic) bond motifs is 1. The predicted octanol–water partition coefficient (Wildman–Crippen LogP) is 3.73. The van der Waals surface area contributed by atoms with Gasteiger partial charge < -0.3 is 10.3 Å². The van der Waals surface area contributed by atoms with Gasteiger partial charge in [-0.1, -0.05) is 6.07 Å². The highest BCUT2D eigenvalue weighted by Crippen LogP contribution is 2.20. The third-order valence-corrected chi connectivity index (χ3v) is 3.91. The van der Waals surface area contributed by atoms with Crippen LogP contribution in [0.15, 0.2) is 48.3 Å². The van der Waals surface area contributed by atoms with Crippen molar-refractivity contribution in [2.24, 2.45) is 0 Å². The SMILES string of the molecule is Cc1ccc(NC(=O)/C(C#N)=C/c2c[nH]c3ncccc23)cc1C. The van der Waals surface area contributed by atoms with Gasteiger partial charge in [-0.3, -0.25) is 4.79 Å². The summed E-state index contributed by atoms with van der Waals surface area (Å²) in [6, 6.07) is 11.3. The zero-order valence-electron chi connectivity index (χ0n) is 13.4. The molecular weight excluding hydrogens is 300 g/mol. The first kappa shape index (κ1) is 15.5. The molecule has 3 aromatic rings. The van der Waals surface area contributed by atoms with E-state index in [-0.39, 0.29) is 5.57 Å². The maximum absolute atomic E-state index is 12.4. The van der Waals surface area contributed by atoms with Crippen LogP contribution < -0.4 is 5.32 Å². The number of aryl methyl sites for hydroxylation is 2. The number of anilines is 1. The summed E-state index contributed by atoms with van der Waals surface area (Å²) in [7, 11) is 0. The summed E-state index contributed by atoms with van der Waals surface area (Å²) in [4.78, 5) is 19.6. The third-order valence-electron chi connectivity index (χ3n) is 3.91. The fourth-order valence-corrected chi connectivity index (χ4v) is 2.42. The number of aromatic amines is 1. The van der Waals surface area contributed by atoms with Gasteiger partial charge in [0.05, 0.1) is 0 Å². The van der Waals surface area contributed by atoms with Crippen LogP contribution in [0.3, 0.4) is 0 Å². The molecule has 0 fully saturated rings. The van der Waals surface area contributed by atoms with Crippen LogP contribution in [0.5, 0.6) is 0 Å². The van der Waals surface area contributed by atoms with Crippen LogP contribution in [-0.4, -0.2) is 15.9 Å². The van der Waals surface area contributed by atoms with Crippen LogP contribution in [0.2, 0.25) is 0 Å². The maximum Gasteiger partial charge on any atom is 0.266 e. The van der Waals surface area contributed by atoms with Crippen molar-refractivity contribution in [1.29, 1.82) is 5.26 Å². The Hall–Kier alpha value is -3.39. The van der Waals surface area contributed by atoms with Crippen molar-refractivity contribution in [3.63, 3.8) is 0 Å². The normalized spacial score (nSPS) is 11.3. The number of carbonyl (C=O) groups is 1. The molecule has 0 bridgehead atoms. The van der Waals surface area contributed by atoms with Crippen molar-refractivity contribution in [2.45, 2.75) is 13.8 Å². The van der Waals surface area contributed by atoms with Gasteiger partial charge in [0.1, 0.15) is 17.3 Å². The number of nitriles is 1. The fourth-order valence-electron chi connectivity index (χ4n) is 2.42. The summed E-state index contributed by atoms with van der Waals surface area (Å²) < 4.78 is 0. The molecule has 0 aliphatic carbocycles. The molecule has 5 heteroatoms. The zero-order chi connectivity index (χ0) is 17.1. The molecule has 0 atom stereocenters. The molecule has 118 valence electrons. The number of rotatable bonds is 3. The summed E-state index contributed by atoms with van der Waals surface area (Å²) in [5.74, 6) is -0.431. The minimum absolute atomic E-state index is 0.0398. The van der Waals surface area contributed by atoms with Gasteiger partial charge >= 0.3 is 0 Å². The van der Waals surface area contributed by atoms with Gasteiger partial charge in [-0.25, -0.2) is 4.98 Å². The van der Waals surface area contributed by atoms with E-state index in [0.717, 1.165) is 27.7 Å². The fraction of sp³-hybridized carbons (Fsp3) is 0.105. The number of pyridine rings is 1. The van der Waals surface area contributed by atoms with Crippen molar-refractivity contribution in [3.05, 3.63) is 65.0 Å². The smallest absolute Gasteiger partial charge is 0.266 e. The Morgan fingerprint density at radius 2 is 2.12 bits per heavy atom. The van der Waals surface area contributed by atoms with Gasteiger partial charge in [0.2, 0.25) is 0 Å². The Balaban J connectivity index is 1.89. The first-order valence-electron chi connectivity index (χ1n) is 7.51. The van der Waals surface area contributed by atoms with Gasteiger partial charge in [0.15, 0.2) is 0 Å². The Labute approximate surface area is 139 Å². The first-order valence-corrected chi connectivity index (χ1v) is 7.51. The van der Waals surface area contributed by atoms with Gasteiger partial charge in [-0.2, -0.15) is 5.26 Å². The van der Waals surface area contributed by atoms with E-state index in [0.29, 0.717) is 5.69 Å². The van der Waals surface area contributed by atoms with Crippen LogP contribution in [0.4, 0.5) is 5.69 Å². The Kier molecular flexibility index (Phi) is 4.13. The molecule has 1 aromatic carbocycles. The predicted molar refractivity (Wildman–Crippen MR) is 94.2 cm³/mol. The molecular formula is C19H16N4O. The molecule has 3 rings (SSSR count). The van der Waals surface area contributed by atoms with E-state index in [9.17, 15) is 10.1 Å². The molecule has 2 heterocycles. The lowest BCUT2D eigenvalue weighted by Gasteiger charge is -2.07. The van der Waals surface area contributed by atoms with Gasteiger partial charge in [-0.05, 0) is 55.3 Å². The van der Waals surface area contributed by atoms with Crippen molar-refractivity contribution in [1.82, 2.24) is 9.97 Å². The van der Waals surface area contributed by atoms with Crippen molar-refractivity contribution in [2.75, 3.05) is 5.32 Å². The van der Waals surface area contributed by atoms with Gasteiger partial charge in [0, 0.05) is 29.0 Å². The maximum atomic E-state index is 12.4. The second kappa shape index (κ2) is 6.39. The number of hydrogen-bond acceptors (Lipinski definition) is 3. The van der Waals surface area contributed by atoms with Crippen LogP contribution in [0.1, 0.15) is 16.7 Å². The summed E-state index contributed by atoms with van der Waals surface area (Å²) >= 11 is 0. The van der Waals surface area contributed by atoms with Crippen LogP contribution in [0, 0.1) is 25.2 Å². The molecule has 0 unspecified atom stereocenters. The molecule has 0 spiro atoms. The lowest BCUT2D eigenvalue weighted by Crippen LogP contribution is -2.13. The highest BCUT2D eigenvalue weighted by molar-refractivity contribution is 6.10. The van der Waals surface area contributed by atoms with E-state index in [1.165, 1.54) is 0 Å². The van der Waals surface area contributed by atoms with E-state index >= 15 is 0 Å². The number of amides is 1. The Morgan fingerprint density at radius 3 is 2.88 bits per heavy atom. The second-order valence-electron chi connectivity index (χ2n) is 5.57. The first-order chi connectivity index (χ1) is 11.6. The molecule has 2 N–H and O–H groups in total. The van der Waals surface area contributed by atoms with Gasteiger partial charge in [0.25, 0.3) is 5.91 Å². The number of aromatic nitrogens is 2. The van der Waals surface area contributed by atoms with Crippen LogP contribution >= 0.6 is 0 Å². The van der Waals surface area contributed by atoms with Crippen LogP contribution in [0.25, 0.3) is 17.1 Å². The molecule has 0 saturated heterocycles. The number of nitrogens with one attached hydrogen (secondary N) is 2. The van der Waals surface area contributed by atoms with Gasteiger partial charge in [-0.15, -0.1) is 0 Å². The number of H-pyrrole nitrogens is 1. The van der Waals surface area contributed by atoms with Crippen molar-refractivity contribution < 1.29 is 4.79 Å². The van der Waals surface area contributed by atoms with Crippen molar-refractivity contribution in [3.8, 4) is 6.07 Å².